The highest BCUT2D eigenvalue weighted by molar-refractivity contribution is 7.88. The maximum absolute atomic E-state index is 13.5. The predicted molar refractivity (Wildman–Crippen MR) is 119 cm³/mol. The summed E-state index contributed by atoms with van der Waals surface area (Å²) in [6.07, 6.45) is -2.82. The molecule has 33 heavy (non-hydrogen) atoms. The number of hydrogen-bond acceptors (Lipinski definition) is 7. The van der Waals surface area contributed by atoms with E-state index in [-0.39, 0.29) is 31.4 Å². The van der Waals surface area contributed by atoms with E-state index < -0.39 is 33.0 Å². The van der Waals surface area contributed by atoms with E-state index in [0.29, 0.717) is 23.1 Å². The highest BCUT2D eigenvalue weighted by Crippen LogP contribution is 2.36. The highest BCUT2D eigenvalue weighted by atomic mass is 32.2. The van der Waals surface area contributed by atoms with Crippen molar-refractivity contribution in [2.45, 2.75) is 26.4 Å². The summed E-state index contributed by atoms with van der Waals surface area (Å²) in [5.41, 5.74) is 0.0468. The third-order valence-corrected chi connectivity index (χ3v) is 6.34. The fraction of sp³-hybridized carbons (Fsp3) is 0.450. The van der Waals surface area contributed by atoms with Gasteiger partial charge in [0.25, 0.3) is 0 Å². The second-order valence-electron chi connectivity index (χ2n) is 8.67. The number of benzene rings is 1. The van der Waals surface area contributed by atoms with Crippen LogP contribution in [0.3, 0.4) is 0 Å². The molecule has 0 radical (unpaired) electrons. The van der Waals surface area contributed by atoms with Gasteiger partial charge in [0.15, 0.2) is 0 Å². The minimum atomic E-state index is -4.70. The third kappa shape index (κ3) is 6.11. The van der Waals surface area contributed by atoms with Gasteiger partial charge in [0.1, 0.15) is 11.4 Å². The van der Waals surface area contributed by atoms with Crippen LogP contribution in [0.5, 0.6) is 0 Å². The molecule has 0 bridgehead atoms. The van der Waals surface area contributed by atoms with E-state index in [4.69, 9.17) is 0 Å². The smallest absolute Gasteiger partial charge is 0.369 e. The van der Waals surface area contributed by atoms with Crippen molar-refractivity contribution in [1.29, 1.82) is 0 Å². The van der Waals surface area contributed by atoms with Crippen LogP contribution in [0.25, 0.3) is 0 Å². The van der Waals surface area contributed by atoms with Gasteiger partial charge in [-0.05, 0) is 17.5 Å². The van der Waals surface area contributed by atoms with E-state index in [1.807, 2.05) is 0 Å². The molecule has 0 unspecified atom stereocenters. The van der Waals surface area contributed by atoms with Gasteiger partial charge in [0, 0.05) is 43.3 Å². The molecule has 1 aliphatic rings. The van der Waals surface area contributed by atoms with Crippen LogP contribution in [0.1, 0.15) is 25.0 Å². The number of nitrogens with one attached hydrogen (secondary N) is 3. The van der Waals surface area contributed by atoms with E-state index >= 15 is 0 Å². The number of carbonyl (C=O) groups is 1. The van der Waals surface area contributed by atoms with Crippen molar-refractivity contribution in [2.24, 2.45) is 5.41 Å². The Kier molecular flexibility index (Phi) is 6.58. The average Bonchev–Trinajstić information content (AvgIpc) is 3.06. The van der Waals surface area contributed by atoms with Gasteiger partial charge in [-0.2, -0.15) is 18.2 Å². The Morgan fingerprint density at radius 1 is 1.24 bits per heavy atom. The van der Waals surface area contributed by atoms with Gasteiger partial charge in [0.2, 0.25) is 21.9 Å². The van der Waals surface area contributed by atoms with Crippen LogP contribution in [0, 0.1) is 5.41 Å². The van der Waals surface area contributed by atoms with Gasteiger partial charge in [-0.1, -0.05) is 19.9 Å². The van der Waals surface area contributed by atoms with E-state index in [9.17, 15) is 26.4 Å². The zero-order valence-electron chi connectivity index (χ0n) is 18.5. The summed E-state index contributed by atoms with van der Waals surface area (Å²) in [4.78, 5) is 19.5. The number of fused-ring (bicyclic) bond motifs is 1. The van der Waals surface area contributed by atoms with Gasteiger partial charge in [-0.3, -0.25) is 4.79 Å². The third-order valence-electron chi connectivity index (χ3n) is 5.08. The first-order chi connectivity index (χ1) is 15.2. The molecule has 0 aliphatic carbocycles. The highest BCUT2D eigenvalue weighted by Gasteiger charge is 2.36. The Morgan fingerprint density at radius 3 is 2.58 bits per heavy atom. The summed E-state index contributed by atoms with van der Waals surface area (Å²) in [5.74, 6) is -0.697. The number of sulfonamides is 1. The van der Waals surface area contributed by atoms with Gasteiger partial charge >= 0.3 is 6.18 Å². The average molecular weight is 487 g/mol. The number of hydrogen-bond donors (Lipinski definition) is 3. The zero-order valence-corrected chi connectivity index (χ0v) is 19.4. The first-order valence-corrected chi connectivity index (χ1v) is 11.8. The van der Waals surface area contributed by atoms with Gasteiger partial charge in [0.05, 0.1) is 12.7 Å². The number of aromatic nitrogens is 2. The number of halogens is 3. The topological polar surface area (TPSA) is 116 Å². The lowest BCUT2D eigenvalue weighted by atomic mass is 9.93. The van der Waals surface area contributed by atoms with Crippen molar-refractivity contribution in [3.05, 3.63) is 35.5 Å². The first-order valence-electron chi connectivity index (χ1n) is 9.94. The molecule has 1 amide bonds. The molecular formula is C20H25F3N6O3S. The van der Waals surface area contributed by atoms with Gasteiger partial charge < -0.3 is 16.0 Å². The van der Waals surface area contributed by atoms with Crippen molar-refractivity contribution in [3.63, 3.8) is 0 Å². The Balaban J connectivity index is 1.85. The summed E-state index contributed by atoms with van der Waals surface area (Å²) >= 11 is 0. The lowest BCUT2D eigenvalue weighted by Gasteiger charge is -2.30. The molecule has 0 saturated heterocycles. The molecule has 0 spiro atoms. The largest absolute Gasteiger partial charge is 0.421 e. The Hall–Kier alpha value is -2.93. The van der Waals surface area contributed by atoms with Crippen molar-refractivity contribution in [1.82, 2.24) is 14.3 Å². The molecule has 3 rings (SSSR count). The molecule has 2 aromatic rings. The monoisotopic (exact) mass is 486 g/mol. The standard InChI is InChI=1S/C20H25F3N6O3S/c1-19(2,11-29(3)33(4,31)32)10-25-17-13(20(21,22)23)9-24-18(28-17)27-15-7-5-6-14-12(15)8-16(30)26-14/h5-7,9H,8,10-11H2,1-4H3,(H,26,30)(H2,24,25,27,28). The number of amides is 1. The summed E-state index contributed by atoms with van der Waals surface area (Å²) in [6, 6.07) is 5.09. The minimum Gasteiger partial charge on any atom is -0.369 e. The summed E-state index contributed by atoms with van der Waals surface area (Å²) in [6.45, 7) is 3.57. The minimum absolute atomic E-state index is 0.0194. The fourth-order valence-electron chi connectivity index (χ4n) is 3.37. The van der Waals surface area contributed by atoms with Crippen molar-refractivity contribution in [2.75, 3.05) is 42.3 Å². The molecule has 3 N–H and O–H groups in total. The lowest BCUT2D eigenvalue weighted by molar-refractivity contribution is -0.137. The van der Waals surface area contributed by atoms with Crippen molar-refractivity contribution < 1.29 is 26.4 Å². The molecule has 180 valence electrons. The number of carbonyl (C=O) groups excluding carboxylic acids is 1. The molecule has 13 heteroatoms. The molecule has 0 fully saturated rings. The van der Waals surface area contributed by atoms with Crippen LogP contribution in [0.4, 0.5) is 36.3 Å². The maximum Gasteiger partial charge on any atom is 0.421 e. The number of rotatable bonds is 8. The van der Waals surface area contributed by atoms with E-state index in [2.05, 4.69) is 25.9 Å². The van der Waals surface area contributed by atoms with Crippen LogP contribution >= 0.6 is 0 Å². The molecule has 2 heterocycles. The zero-order chi connectivity index (χ0) is 24.6. The van der Waals surface area contributed by atoms with E-state index in [1.165, 1.54) is 7.05 Å². The normalized spacial score (nSPS) is 14.2. The van der Waals surface area contributed by atoms with Gasteiger partial charge in [-0.25, -0.2) is 17.7 Å². The summed E-state index contributed by atoms with van der Waals surface area (Å²) in [7, 11) is -2.03. The van der Waals surface area contributed by atoms with Crippen LogP contribution in [-0.4, -0.2) is 55.0 Å². The SMILES string of the molecule is CN(CC(C)(C)CNc1nc(Nc2cccc3c2CC(=O)N3)ncc1C(F)(F)F)S(C)(=O)=O. The van der Waals surface area contributed by atoms with E-state index in [1.54, 1.807) is 32.0 Å². The van der Waals surface area contributed by atoms with E-state index in [0.717, 1.165) is 10.6 Å². The van der Waals surface area contributed by atoms with Gasteiger partial charge in [-0.15, -0.1) is 0 Å². The molecule has 1 aromatic carbocycles. The van der Waals surface area contributed by atoms with Crippen LogP contribution < -0.4 is 16.0 Å². The molecule has 1 aromatic heterocycles. The quantitative estimate of drug-likeness (QED) is 0.525. The predicted octanol–water partition coefficient (Wildman–Crippen LogP) is 3.06. The Morgan fingerprint density at radius 2 is 1.94 bits per heavy atom. The summed E-state index contributed by atoms with van der Waals surface area (Å²) < 4.78 is 65.1. The number of nitrogens with zero attached hydrogens (tertiary/aromatic N) is 3. The van der Waals surface area contributed by atoms with Crippen molar-refractivity contribution >= 4 is 39.1 Å². The molecule has 0 atom stereocenters. The van der Waals surface area contributed by atoms with Crippen molar-refractivity contribution in [3.8, 4) is 0 Å². The second kappa shape index (κ2) is 8.78. The Bertz CT molecular complexity index is 1170. The molecule has 0 saturated carbocycles. The Labute approximate surface area is 189 Å². The molecule has 9 nitrogen and oxygen atoms in total. The lowest BCUT2D eigenvalue weighted by Crippen LogP contribution is -2.39. The summed E-state index contributed by atoms with van der Waals surface area (Å²) in [5, 5.41) is 8.29. The van der Waals surface area contributed by atoms with Crippen LogP contribution in [0.15, 0.2) is 24.4 Å². The maximum atomic E-state index is 13.5. The molecule has 1 aliphatic heterocycles. The van der Waals surface area contributed by atoms with Crippen LogP contribution in [-0.2, 0) is 27.4 Å². The second-order valence-corrected chi connectivity index (χ2v) is 10.8. The number of anilines is 4. The first kappa shape index (κ1) is 24.7. The fourth-order valence-corrected chi connectivity index (χ4v) is 3.95. The molecular weight excluding hydrogens is 461 g/mol. The van der Waals surface area contributed by atoms with Crippen LogP contribution in [0.2, 0.25) is 0 Å². The number of alkyl halides is 3.